The first kappa shape index (κ1) is 23.4. The maximum Gasteiger partial charge on any atom is 0.411 e. The molecule has 1 aromatic heterocycles. The summed E-state index contributed by atoms with van der Waals surface area (Å²) in [5, 5.41) is 10.6. The number of aromatic amines is 1. The van der Waals surface area contributed by atoms with E-state index in [1.165, 1.54) is 0 Å². The summed E-state index contributed by atoms with van der Waals surface area (Å²) in [6.45, 7) is 4.07. The molecule has 5 rings (SSSR count). The molecule has 2 aromatic carbocycles. The largest absolute Gasteiger partial charge is 0.438 e. The Morgan fingerprint density at radius 2 is 1.77 bits per heavy atom. The topological polar surface area (TPSA) is 82.6 Å². The molecule has 2 atom stereocenters. The van der Waals surface area contributed by atoms with Crippen LogP contribution in [0.1, 0.15) is 56.7 Å². The van der Waals surface area contributed by atoms with E-state index in [0.29, 0.717) is 25.3 Å². The standard InChI is InChI=1S/C29H32N2O4/c1-28(2,34)19-29(24-6-4-3-5-7-24)15-17-31(27(33)35-29)26(22-12-13-22)21-10-8-20(9-11-21)23-14-16-30-25(32)18-23/h3-11,14,16,18,22,26,34H,12-13,15,17,19H2,1-2H3,(H,30,32). The van der Waals surface area contributed by atoms with Gasteiger partial charge in [-0.15, -0.1) is 0 Å². The van der Waals surface area contributed by atoms with Gasteiger partial charge in [-0.05, 0) is 60.9 Å². The Morgan fingerprint density at radius 1 is 1.06 bits per heavy atom. The number of amides is 1. The van der Waals surface area contributed by atoms with Crippen molar-refractivity contribution in [3.63, 3.8) is 0 Å². The van der Waals surface area contributed by atoms with Crippen LogP contribution in [0, 0.1) is 5.92 Å². The van der Waals surface area contributed by atoms with Crippen molar-refractivity contribution in [1.82, 2.24) is 9.88 Å². The molecule has 182 valence electrons. The van der Waals surface area contributed by atoms with Crippen LogP contribution in [-0.2, 0) is 10.3 Å². The van der Waals surface area contributed by atoms with Crippen molar-refractivity contribution in [2.45, 2.75) is 56.8 Å². The Morgan fingerprint density at radius 3 is 2.37 bits per heavy atom. The van der Waals surface area contributed by atoms with E-state index in [2.05, 4.69) is 17.1 Å². The number of carbonyl (C=O) groups is 1. The van der Waals surface area contributed by atoms with Crippen LogP contribution in [0.3, 0.4) is 0 Å². The van der Waals surface area contributed by atoms with E-state index >= 15 is 0 Å². The molecule has 2 fully saturated rings. The zero-order valence-corrected chi connectivity index (χ0v) is 20.2. The number of H-pyrrole nitrogens is 1. The first-order valence-electron chi connectivity index (χ1n) is 12.3. The lowest BCUT2D eigenvalue weighted by Crippen LogP contribution is -2.51. The fourth-order valence-corrected chi connectivity index (χ4v) is 5.41. The molecule has 1 amide bonds. The van der Waals surface area contributed by atoms with Gasteiger partial charge in [0.05, 0.1) is 11.6 Å². The van der Waals surface area contributed by atoms with Gasteiger partial charge in [0.25, 0.3) is 0 Å². The number of hydrogen-bond donors (Lipinski definition) is 2. The highest BCUT2D eigenvalue weighted by Crippen LogP contribution is 2.48. The number of nitrogens with one attached hydrogen (secondary N) is 1. The van der Waals surface area contributed by atoms with Gasteiger partial charge in [-0.3, -0.25) is 4.79 Å². The smallest absolute Gasteiger partial charge is 0.411 e. The number of nitrogens with zero attached hydrogens (tertiary/aromatic N) is 1. The molecule has 1 saturated carbocycles. The molecule has 2 aliphatic rings. The van der Waals surface area contributed by atoms with Crippen molar-refractivity contribution in [3.8, 4) is 11.1 Å². The van der Waals surface area contributed by atoms with Gasteiger partial charge in [-0.1, -0.05) is 54.6 Å². The van der Waals surface area contributed by atoms with Gasteiger partial charge in [0.2, 0.25) is 5.56 Å². The van der Waals surface area contributed by atoms with Crippen molar-refractivity contribution < 1.29 is 14.6 Å². The summed E-state index contributed by atoms with van der Waals surface area (Å²) in [4.78, 5) is 29.7. The second-order valence-electron chi connectivity index (χ2n) is 10.5. The van der Waals surface area contributed by atoms with Crippen LogP contribution in [0.2, 0.25) is 0 Å². The monoisotopic (exact) mass is 472 g/mol. The third kappa shape index (κ3) is 5.03. The molecular formula is C29H32N2O4. The van der Waals surface area contributed by atoms with E-state index < -0.39 is 11.2 Å². The SMILES string of the molecule is CC(C)(O)CC1(c2ccccc2)CCN(C(c2ccc(-c3cc[nH]c(=O)c3)cc2)C2CC2)C(=O)O1. The number of benzene rings is 2. The fraction of sp³-hybridized carbons (Fsp3) is 0.379. The highest BCUT2D eigenvalue weighted by Gasteiger charge is 2.49. The van der Waals surface area contributed by atoms with Crippen molar-refractivity contribution in [3.05, 3.63) is 94.4 Å². The Hall–Kier alpha value is -3.38. The molecule has 1 saturated heterocycles. The molecule has 35 heavy (non-hydrogen) atoms. The summed E-state index contributed by atoms with van der Waals surface area (Å²) in [7, 11) is 0. The first-order valence-corrected chi connectivity index (χ1v) is 12.3. The van der Waals surface area contributed by atoms with Crippen LogP contribution in [-0.4, -0.2) is 33.2 Å². The van der Waals surface area contributed by atoms with Gasteiger partial charge in [0, 0.05) is 31.6 Å². The number of aromatic nitrogens is 1. The summed E-state index contributed by atoms with van der Waals surface area (Å²) in [6.07, 6.45) is 4.42. The molecule has 0 spiro atoms. The quantitative estimate of drug-likeness (QED) is 0.483. The van der Waals surface area contributed by atoms with Crippen LogP contribution in [0.4, 0.5) is 4.79 Å². The molecule has 0 bridgehead atoms. The molecule has 6 heteroatoms. The third-order valence-corrected chi connectivity index (χ3v) is 7.06. The Bertz CT molecular complexity index is 1240. The third-order valence-electron chi connectivity index (χ3n) is 7.06. The minimum atomic E-state index is -0.983. The first-order chi connectivity index (χ1) is 16.7. The zero-order chi connectivity index (χ0) is 24.6. The molecule has 2 heterocycles. The van der Waals surface area contributed by atoms with E-state index in [-0.39, 0.29) is 17.7 Å². The van der Waals surface area contributed by atoms with E-state index in [4.69, 9.17) is 4.74 Å². The van der Waals surface area contributed by atoms with Crippen molar-refractivity contribution in [2.24, 2.45) is 5.92 Å². The van der Waals surface area contributed by atoms with E-state index in [1.54, 1.807) is 26.1 Å². The average Bonchev–Trinajstić information content (AvgIpc) is 3.66. The predicted octanol–water partition coefficient (Wildman–Crippen LogP) is 5.39. The maximum absolute atomic E-state index is 13.5. The molecule has 3 aromatic rings. The van der Waals surface area contributed by atoms with Gasteiger partial charge >= 0.3 is 6.09 Å². The number of rotatable bonds is 7. The summed E-state index contributed by atoms with van der Waals surface area (Å²) in [5.74, 6) is 0.409. The minimum absolute atomic E-state index is 0.0494. The van der Waals surface area contributed by atoms with Crippen LogP contribution in [0.15, 0.2) is 77.7 Å². The lowest BCUT2D eigenvalue weighted by Gasteiger charge is -2.46. The molecular weight excluding hydrogens is 440 g/mol. The van der Waals surface area contributed by atoms with E-state index in [0.717, 1.165) is 35.1 Å². The number of cyclic esters (lactones) is 1. The number of hydrogen-bond acceptors (Lipinski definition) is 4. The molecule has 0 radical (unpaired) electrons. The van der Waals surface area contributed by atoms with Gasteiger partial charge in [0.15, 0.2) is 0 Å². The Labute approximate surface area is 205 Å². The molecule has 6 nitrogen and oxygen atoms in total. The lowest BCUT2D eigenvalue weighted by molar-refractivity contribution is -0.103. The second-order valence-corrected chi connectivity index (χ2v) is 10.5. The molecule has 2 N–H and O–H groups in total. The molecule has 1 aliphatic heterocycles. The summed E-state index contributed by atoms with van der Waals surface area (Å²) >= 11 is 0. The van der Waals surface area contributed by atoms with Crippen LogP contribution in [0.25, 0.3) is 11.1 Å². The number of ether oxygens (including phenoxy) is 1. The highest BCUT2D eigenvalue weighted by atomic mass is 16.6. The second kappa shape index (κ2) is 9.00. The van der Waals surface area contributed by atoms with Gasteiger partial charge in [-0.25, -0.2) is 4.79 Å². The van der Waals surface area contributed by atoms with Gasteiger partial charge in [-0.2, -0.15) is 0 Å². The maximum atomic E-state index is 13.5. The van der Waals surface area contributed by atoms with Crippen molar-refractivity contribution in [2.75, 3.05) is 6.54 Å². The van der Waals surface area contributed by atoms with Crippen molar-refractivity contribution in [1.29, 1.82) is 0 Å². The number of carbonyl (C=O) groups excluding carboxylic acids is 1. The Balaban J connectivity index is 1.41. The molecule has 1 aliphatic carbocycles. The van der Waals surface area contributed by atoms with E-state index in [1.807, 2.05) is 53.4 Å². The van der Waals surface area contributed by atoms with Crippen LogP contribution < -0.4 is 5.56 Å². The minimum Gasteiger partial charge on any atom is -0.438 e. The summed E-state index contributed by atoms with van der Waals surface area (Å²) in [5.41, 5.74) is 1.84. The van der Waals surface area contributed by atoms with E-state index in [9.17, 15) is 14.7 Å². The average molecular weight is 473 g/mol. The Kier molecular flexibility index (Phi) is 6.01. The zero-order valence-electron chi connectivity index (χ0n) is 20.2. The fourth-order valence-electron chi connectivity index (χ4n) is 5.41. The predicted molar refractivity (Wildman–Crippen MR) is 135 cm³/mol. The number of aliphatic hydroxyl groups is 1. The van der Waals surface area contributed by atoms with Crippen molar-refractivity contribution >= 4 is 6.09 Å². The summed E-state index contributed by atoms with van der Waals surface area (Å²) < 4.78 is 6.22. The van der Waals surface area contributed by atoms with Gasteiger partial charge in [0.1, 0.15) is 5.60 Å². The molecule has 2 unspecified atom stereocenters. The lowest BCUT2D eigenvalue weighted by atomic mass is 9.80. The van der Waals surface area contributed by atoms with Crippen LogP contribution >= 0.6 is 0 Å². The highest BCUT2D eigenvalue weighted by molar-refractivity contribution is 5.71. The number of pyridine rings is 1. The van der Waals surface area contributed by atoms with Gasteiger partial charge < -0.3 is 19.7 Å². The van der Waals surface area contributed by atoms with Crippen LogP contribution in [0.5, 0.6) is 0 Å². The normalized spacial score (nSPS) is 21.5. The summed E-state index contributed by atoms with van der Waals surface area (Å²) in [6, 6.07) is 21.3.